The van der Waals surface area contributed by atoms with E-state index >= 15 is 0 Å². The quantitative estimate of drug-likeness (QED) is 0.563. The molecule has 0 saturated heterocycles. The van der Waals surface area contributed by atoms with Gasteiger partial charge >= 0.3 is 0 Å². The maximum atomic E-state index is 12.1. The second-order valence-corrected chi connectivity index (χ2v) is 6.17. The Morgan fingerprint density at radius 1 is 0.963 bits per heavy atom. The lowest BCUT2D eigenvalue weighted by Crippen LogP contribution is -2.42. The first-order valence-electron chi connectivity index (χ1n) is 9.00. The van der Waals surface area contributed by atoms with Crippen LogP contribution in [0.25, 0.3) is 10.9 Å². The fourth-order valence-corrected chi connectivity index (χ4v) is 2.95. The van der Waals surface area contributed by atoms with Gasteiger partial charge in [-0.3, -0.25) is 20.4 Å². The van der Waals surface area contributed by atoms with Crippen LogP contribution in [0.4, 0.5) is 0 Å². The van der Waals surface area contributed by atoms with Gasteiger partial charge in [-0.15, -0.1) is 0 Å². The minimum atomic E-state index is -0.261. The first-order valence-corrected chi connectivity index (χ1v) is 9.00. The van der Waals surface area contributed by atoms with E-state index in [1.54, 1.807) is 0 Å². The number of carbonyl (C=O) groups is 2. The van der Waals surface area contributed by atoms with Gasteiger partial charge in [0.25, 0.3) is 0 Å². The Balaban J connectivity index is 1.47. The zero-order valence-electron chi connectivity index (χ0n) is 15.2. The van der Waals surface area contributed by atoms with Gasteiger partial charge in [0.05, 0.1) is 13.0 Å². The molecule has 0 spiro atoms. The van der Waals surface area contributed by atoms with Crippen LogP contribution in [-0.4, -0.2) is 23.4 Å². The molecule has 0 saturated carbocycles. The molecule has 6 nitrogen and oxygen atoms in total. The molecule has 2 amide bonds. The molecule has 3 aromatic rings. The molecule has 2 aromatic carbocycles. The third kappa shape index (κ3) is 4.88. The summed E-state index contributed by atoms with van der Waals surface area (Å²) in [5, 5.41) is 1.01. The van der Waals surface area contributed by atoms with Crippen LogP contribution in [0.2, 0.25) is 0 Å². The molecule has 3 rings (SSSR count). The molecular formula is C21H23N3O3. The number of para-hydroxylation sites is 2. The topological polar surface area (TPSA) is 83.2 Å². The molecule has 27 heavy (non-hydrogen) atoms. The molecular weight excluding hydrogens is 342 g/mol. The van der Waals surface area contributed by atoms with Gasteiger partial charge < -0.3 is 9.72 Å². The highest BCUT2D eigenvalue weighted by Crippen LogP contribution is 2.19. The minimum Gasteiger partial charge on any atom is -0.494 e. The number of aromatic amines is 1. The Morgan fingerprint density at radius 3 is 2.56 bits per heavy atom. The summed E-state index contributed by atoms with van der Waals surface area (Å²) in [5.41, 5.74) is 7.80. The van der Waals surface area contributed by atoms with E-state index in [9.17, 15) is 9.59 Å². The molecule has 0 atom stereocenters. The van der Waals surface area contributed by atoms with Crippen molar-refractivity contribution in [3.8, 4) is 5.75 Å². The minimum absolute atomic E-state index is 0.192. The number of benzene rings is 2. The highest BCUT2D eigenvalue weighted by Gasteiger charge is 2.10. The van der Waals surface area contributed by atoms with E-state index < -0.39 is 0 Å². The van der Waals surface area contributed by atoms with Gasteiger partial charge in [0.1, 0.15) is 5.75 Å². The lowest BCUT2D eigenvalue weighted by Gasteiger charge is -2.10. The number of aryl methyl sites for hydroxylation is 1. The summed E-state index contributed by atoms with van der Waals surface area (Å²) in [6, 6.07) is 15.4. The summed E-state index contributed by atoms with van der Waals surface area (Å²) in [5.74, 6) is 0.285. The van der Waals surface area contributed by atoms with Crippen LogP contribution in [0.5, 0.6) is 5.75 Å². The van der Waals surface area contributed by atoms with E-state index in [-0.39, 0.29) is 24.7 Å². The van der Waals surface area contributed by atoms with Crippen molar-refractivity contribution in [3.05, 3.63) is 65.9 Å². The molecule has 0 aliphatic heterocycles. The Hall–Kier alpha value is -3.28. The standard InChI is InChI=1S/C21H23N3O3/c1-2-27-19-10-6-3-7-15(19)11-12-20(25)23-24-21(26)13-16-14-22-18-9-5-4-8-17(16)18/h3-10,14,22H,2,11-13H2,1H3,(H,23,25)(H,24,26). The number of ether oxygens (including phenoxy) is 1. The lowest BCUT2D eigenvalue weighted by atomic mass is 10.1. The number of nitrogens with one attached hydrogen (secondary N) is 3. The van der Waals surface area contributed by atoms with E-state index in [4.69, 9.17) is 4.74 Å². The maximum Gasteiger partial charge on any atom is 0.242 e. The third-order valence-electron chi connectivity index (χ3n) is 4.26. The number of carbonyl (C=O) groups excluding carboxylic acids is 2. The molecule has 0 radical (unpaired) electrons. The van der Waals surface area contributed by atoms with Crippen molar-refractivity contribution in [2.24, 2.45) is 0 Å². The number of fused-ring (bicyclic) bond motifs is 1. The predicted molar refractivity (Wildman–Crippen MR) is 104 cm³/mol. The first-order chi connectivity index (χ1) is 13.2. The molecule has 0 fully saturated rings. The lowest BCUT2D eigenvalue weighted by molar-refractivity contribution is -0.128. The van der Waals surface area contributed by atoms with Gasteiger partial charge in [-0.05, 0) is 36.6 Å². The molecule has 0 unspecified atom stereocenters. The summed E-state index contributed by atoms with van der Waals surface area (Å²) in [6.07, 6.45) is 2.81. The maximum absolute atomic E-state index is 12.1. The van der Waals surface area contributed by atoms with Crippen molar-refractivity contribution in [1.29, 1.82) is 0 Å². The van der Waals surface area contributed by atoms with Gasteiger partial charge in [0.2, 0.25) is 11.8 Å². The molecule has 0 aliphatic carbocycles. The highest BCUT2D eigenvalue weighted by atomic mass is 16.5. The number of rotatable bonds is 7. The average molecular weight is 365 g/mol. The largest absolute Gasteiger partial charge is 0.494 e. The number of hydrazine groups is 1. The molecule has 0 bridgehead atoms. The Bertz CT molecular complexity index is 933. The Labute approximate surface area is 157 Å². The van der Waals surface area contributed by atoms with E-state index in [2.05, 4.69) is 15.8 Å². The smallest absolute Gasteiger partial charge is 0.242 e. The molecule has 6 heteroatoms. The second kappa shape index (κ2) is 8.89. The van der Waals surface area contributed by atoms with Gasteiger partial charge in [-0.25, -0.2) is 0 Å². The van der Waals surface area contributed by atoms with Crippen molar-refractivity contribution in [1.82, 2.24) is 15.8 Å². The number of hydrogen-bond donors (Lipinski definition) is 3. The predicted octanol–water partition coefficient (Wildman–Crippen LogP) is 2.89. The van der Waals surface area contributed by atoms with Crippen LogP contribution < -0.4 is 15.6 Å². The number of aromatic nitrogens is 1. The van der Waals surface area contributed by atoms with Crippen molar-refractivity contribution in [2.75, 3.05) is 6.61 Å². The fourth-order valence-electron chi connectivity index (χ4n) is 2.95. The fraction of sp³-hybridized carbons (Fsp3) is 0.238. The van der Waals surface area contributed by atoms with Crippen molar-refractivity contribution >= 4 is 22.7 Å². The van der Waals surface area contributed by atoms with Crippen LogP contribution in [0.1, 0.15) is 24.5 Å². The monoisotopic (exact) mass is 365 g/mol. The number of amides is 2. The van der Waals surface area contributed by atoms with E-state index in [0.717, 1.165) is 27.8 Å². The first kappa shape index (κ1) is 18.5. The highest BCUT2D eigenvalue weighted by molar-refractivity contribution is 5.89. The van der Waals surface area contributed by atoms with Crippen LogP contribution in [0, 0.1) is 0 Å². The van der Waals surface area contributed by atoms with Crippen LogP contribution in [0.3, 0.4) is 0 Å². The van der Waals surface area contributed by atoms with Gasteiger partial charge in [-0.1, -0.05) is 36.4 Å². The Morgan fingerprint density at radius 2 is 1.70 bits per heavy atom. The Kier molecular flexibility index (Phi) is 6.10. The van der Waals surface area contributed by atoms with Gasteiger partial charge in [-0.2, -0.15) is 0 Å². The SMILES string of the molecule is CCOc1ccccc1CCC(=O)NNC(=O)Cc1c[nH]c2ccccc12. The third-order valence-corrected chi connectivity index (χ3v) is 4.26. The van der Waals surface area contributed by atoms with E-state index in [0.29, 0.717) is 13.0 Å². The molecule has 3 N–H and O–H groups in total. The summed E-state index contributed by atoms with van der Waals surface area (Å²) in [7, 11) is 0. The zero-order chi connectivity index (χ0) is 19.1. The van der Waals surface area contributed by atoms with Crippen LogP contribution in [0.15, 0.2) is 54.7 Å². The van der Waals surface area contributed by atoms with Gasteiger partial charge in [0, 0.05) is 23.5 Å². The molecule has 1 aromatic heterocycles. The average Bonchev–Trinajstić information content (AvgIpc) is 3.09. The van der Waals surface area contributed by atoms with E-state index in [1.165, 1.54) is 0 Å². The van der Waals surface area contributed by atoms with Crippen LogP contribution in [-0.2, 0) is 22.4 Å². The molecule has 140 valence electrons. The summed E-state index contributed by atoms with van der Waals surface area (Å²) in [4.78, 5) is 27.3. The number of hydrogen-bond acceptors (Lipinski definition) is 3. The summed E-state index contributed by atoms with van der Waals surface area (Å²) in [6.45, 7) is 2.50. The van der Waals surface area contributed by atoms with Crippen molar-refractivity contribution in [3.63, 3.8) is 0 Å². The van der Waals surface area contributed by atoms with Gasteiger partial charge in [0.15, 0.2) is 0 Å². The number of H-pyrrole nitrogens is 1. The zero-order valence-corrected chi connectivity index (χ0v) is 15.2. The van der Waals surface area contributed by atoms with Crippen LogP contribution >= 0.6 is 0 Å². The second-order valence-electron chi connectivity index (χ2n) is 6.17. The molecule has 0 aliphatic rings. The summed E-state index contributed by atoms with van der Waals surface area (Å²) >= 11 is 0. The van der Waals surface area contributed by atoms with Crippen molar-refractivity contribution in [2.45, 2.75) is 26.2 Å². The molecule has 1 heterocycles. The van der Waals surface area contributed by atoms with Crippen molar-refractivity contribution < 1.29 is 14.3 Å². The summed E-state index contributed by atoms with van der Waals surface area (Å²) < 4.78 is 5.56. The normalized spacial score (nSPS) is 10.6. The van der Waals surface area contributed by atoms with E-state index in [1.807, 2.05) is 61.7 Å².